The van der Waals surface area contributed by atoms with E-state index in [0.717, 1.165) is 12.3 Å². The van der Waals surface area contributed by atoms with E-state index in [1.165, 1.54) is 12.1 Å². The largest absolute Gasteiger partial charge is 0.345 e. The quantitative estimate of drug-likeness (QED) is 0.678. The zero-order chi connectivity index (χ0) is 15.6. The maximum atomic E-state index is 12.0. The van der Waals surface area contributed by atoms with Crippen LogP contribution in [0.2, 0.25) is 5.02 Å². The first-order valence-corrected chi connectivity index (χ1v) is 6.43. The molecule has 0 spiro atoms. The number of amides is 1. The van der Waals surface area contributed by atoms with E-state index in [-0.39, 0.29) is 20.7 Å². The van der Waals surface area contributed by atoms with E-state index >= 15 is 0 Å². The van der Waals surface area contributed by atoms with Crippen LogP contribution in [0.25, 0.3) is 0 Å². The van der Waals surface area contributed by atoms with Gasteiger partial charge in [-0.15, -0.1) is 0 Å². The minimum absolute atomic E-state index is 0.0315. The molecule has 0 atom stereocenters. The number of nitrogens with zero attached hydrogens (tertiary/aromatic N) is 3. The third kappa shape index (κ3) is 3.30. The standard InChI is InChI=1S/C10H5ClN4O5S/c11-5-1-2-6(7(3-5)14(17)18)9(16)13-10-12-4-8(21-10)15(19)20/h1-4H,(H,12,13,16). The van der Waals surface area contributed by atoms with Crippen LogP contribution in [-0.2, 0) is 0 Å². The summed E-state index contributed by atoms with van der Waals surface area (Å²) in [5, 5.41) is 23.5. The van der Waals surface area contributed by atoms with E-state index in [9.17, 15) is 25.0 Å². The van der Waals surface area contributed by atoms with Crippen molar-refractivity contribution in [1.82, 2.24) is 4.98 Å². The number of nitro benzene ring substituents is 1. The molecule has 1 aromatic carbocycles. The molecule has 0 saturated heterocycles. The second kappa shape index (κ2) is 5.81. The van der Waals surface area contributed by atoms with Crippen molar-refractivity contribution in [2.75, 3.05) is 5.32 Å². The second-order valence-corrected chi connectivity index (χ2v) is 5.08. The average molecular weight is 329 g/mol. The van der Waals surface area contributed by atoms with Gasteiger partial charge in [0.1, 0.15) is 11.8 Å². The van der Waals surface area contributed by atoms with Crippen molar-refractivity contribution in [3.05, 3.63) is 55.2 Å². The SMILES string of the molecule is O=C(Nc1ncc([N+](=O)[O-])s1)c1ccc(Cl)cc1[N+](=O)[O-]. The predicted octanol–water partition coefficient (Wildman–Crippen LogP) is 2.87. The van der Waals surface area contributed by atoms with Gasteiger partial charge < -0.3 is 0 Å². The Morgan fingerprint density at radius 3 is 2.57 bits per heavy atom. The molecule has 2 rings (SSSR count). The number of carbonyl (C=O) groups is 1. The molecule has 0 aliphatic heterocycles. The van der Waals surface area contributed by atoms with Gasteiger partial charge in [-0.05, 0) is 23.5 Å². The van der Waals surface area contributed by atoms with Gasteiger partial charge in [0.25, 0.3) is 11.6 Å². The number of carbonyl (C=O) groups excluding carboxylic acids is 1. The summed E-state index contributed by atoms with van der Waals surface area (Å²) < 4.78 is 0. The van der Waals surface area contributed by atoms with E-state index in [1.54, 1.807) is 0 Å². The van der Waals surface area contributed by atoms with Crippen molar-refractivity contribution in [3.63, 3.8) is 0 Å². The number of halogens is 1. The Kier molecular flexibility index (Phi) is 4.10. The summed E-state index contributed by atoms with van der Waals surface area (Å²) >= 11 is 6.29. The fourth-order valence-corrected chi connectivity index (χ4v) is 2.21. The molecule has 0 saturated carbocycles. The van der Waals surface area contributed by atoms with Gasteiger partial charge in [-0.25, -0.2) is 4.98 Å². The van der Waals surface area contributed by atoms with Crippen LogP contribution in [0.15, 0.2) is 24.4 Å². The Morgan fingerprint density at radius 2 is 2.00 bits per heavy atom. The van der Waals surface area contributed by atoms with Gasteiger partial charge in [-0.1, -0.05) is 11.6 Å². The Bertz CT molecular complexity index is 747. The fourth-order valence-electron chi connectivity index (χ4n) is 1.42. The zero-order valence-corrected chi connectivity index (χ0v) is 11.6. The van der Waals surface area contributed by atoms with Crippen molar-refractivity contribution in [1.29, 1.82) is 0 Å². The number of hydrogen-bond donors (Lipinski definition) is 1. The lowest BCUT2D eigenvalue weighted by Gasteiger charge is -2.03. The van der Waals surface area contributed by atoms with Crippen LogP contribution in [0, 0.1) is 20.2 Å². The van der Waals surface area contributed by atoms with Crippen LogP contribution in [0.5, 0.6) is 0 Å². The summed E-state index contributed by atoms with van der Waals surface area (Å²) in [4.78, 5) is 35.6. The van der Waals surface area contributed by atoms with Crippen LogP contribution < -0.4 is 5.32 Å². The summed E-state index contributed by atoms with van der Waals surface area (Å²) in [6.45, 7) is 0. The lowest BCUT2D eigenvalue weighted by atomic mass is 10.1. The molecule has 1 N–H and O–H groups in total. The molecule has 108 valence electrons. The molecule has 1 aromatic heterocycles. The molecule has 0 bridgehead atoms. The highest BCUT2D eigenvalue weighted by Crippen LogP contribution is 2.27. The second-order valence-electron chi connectivity index (χ2n) is 3.63. The molecule has 0 radical (unpaired) electrons. The van der Waals surface area contributed by atoms with Crippen molar-refractivity contribution >= 4 is 44.7 Å². The molecule has 1 heterocycles. The number of nitro groups is 2. The molecule has 1 amide bonds. The van der Waals surface area contributed by atoms with Crippen molar-refractivity contribution < 1.29 is 14.6 Å². The lowest BCUT2D eigenvalue weighted by Crippen LogP contribution is -2.13. The Balaban J connectivity index is 2.27. The summed E-state index contributed by atoms with van der Waals surface area (Å²) in [6.07, 6.45) is 0.983. The van der Waals surface area contributed by atoms with Gasteiger partial charge in [0.05, 0.1) is 9.85 Å². The third-order valence-electron chi connectivity index (χ3n) is 2.29. The minimum atomic E-state index is -0.803. The smallest absolute Gasteiger partial charge is 0.297 e. The predicted molar refractivity (Wildman–Crippen MR) is 74.8 cm³/mol. The summed E-state index contributed by atoms with van der Waals surface area (Å²) in [5.74, 6) is -0.803. The average Bonchev–Trinajstić information content (AvgIpc) is 2.87. The molecule has 0 aliphatic rings. The Morgan fingerprint density at radius 1 is 1.29 bits per heavy atom. The topological polar surface area (TPSA) is 128 Å². The Hall–Kier alpha value is -2.59. The van der Waals surface area contributed by atoms with Gasteiger partial charge in [0.2, 0.25) is 0 Å². The van der Waals surface area contributed by atoms with E-state index < -0.39 is 21.4 Å². The summed E-state index contributed by atoms with van der Waals surface area (Å²) in [7, 11) is 0. The first-order chi connectivity index (χ1) is 9.88. The highest BCUT2D eigenvalue weighted by atomic mass is 35.5. The molecule has 0 aliphatic carbocycles. The fraction of sp³-hybridized carbons (Fsp3) is 0. The van der Waals surface area contributed by atoms with Crippen molar-refractivity contribution in [3.8, 4) is 0 Å². The lowest BCUT2D eigenvalue weighted by molar-refractivity contribution is -0.385. The molecule has 0 unspecified atom stereocenters. The molecule has 2 aromatic rings. The maximum absolute atomic E-state index is 12.0. The molecule has 9 nitrogen and oxygen atoms in total. The van der Waals surface area contributed by atoms with Gasteiger partial charge >= 0.3 is 5.00 Å². The number of nitrogens with one attached hydrogen (secondary N) is 1. The van der Waals surface area contributed by atoms with Gasteiger partial charge in [-0.3, -0.25) is 30.3 Å². The number of thiazole rings is 1. The van der Waals surface area contributed by atoms with Crippen LogP contribution >= 0.6 is 22.9 Å². The van der Waals surface area contributed by atoms with Crippen LogP contribution in [-0.4, -0.2) is 20.7 Å². The number of anilines is 1. The highest BCUT2D eigenvalue weighted by Gasteiger charge is 2.22. The van der Waals surface area contributed by atoms with E-state index in [1.807, 2.05) is 0 Å². The number of rotatable bonds is 4. The molecule has 21 heavy (non-hydrogen) atoms. The van der Waals surface area contributed by atoms with Gasteiger partial charge in [0, 0.05) is 11.1 Å². The van der Waals surface area contributed by atoms with Crippen LogP contribution in [0.4, 0.5) is 15.8 Å². The Labute approximate surface area is 125 Å². The van der Waals surface area contributed by atoms with Crippen molar-refractivity contribution in [2.45, 2.75) is 0 Å². The van der Waals surface area contributed by atoms with E-state index in [2.05, 4.69) is 10.3 Å². The number of benzene rings is 1. The molecular formula is C10H5ClN4O5S. The molecule has 11 heteroatoms. The number of hydrogen-bond acceptors (Lipinski definition) is 7. The summed E-state index contributed by atoms with van der Waals surface area (Å²) in [6, 6.07) is 3.56. The van der Waals surface area contributed by atoms with Gasteiger partial charge in [-0.2, -0.15) is 0 Å². The maximum Gasteiger partial charge on any atom is 0.345 e. The van der Waals surface area contributed by atoms with E-state index in [0.29, 0.717) is 11.3 Å². The molecular weight excluding hydrogens is 324 g/mol. The van der Waals surface area contributed by atoms with Gasteiger partial charge in [0.15, 0.2) is 5.13 Å². The minimum Gasteiger partial charge on any atom is -0.297 e. The van der Waals surface area contributed by atoms with Crippen LogP contribution in [0.3, 0.4) is 0 Å². The highest BCUT2D eigenvalue weighted by molar-refractivity contribution is 7.18. The number of aromatic nitrogens is 1. The third-order valence-corrected chi connectivity index (χ3v) is 3.39. The first-order valence-electron chi connectivity index (χ1n) is 5.24. The monoisotopic (exact) mass is 328 g/mol. The van der Waals surface area contributed by atoms with Crippen LogP contribution in [0.1, 0.15) is 10.4 Å². The zero-order valence-electron chi connectivity index (χ0n) is 9.98. The van der Waals surface area contributed by atoms with E-state index in [4.69, 9.17) is 11.6 Å². The molecule has 0 fully saturated rings. The normalized spacial score (nSPS) is 10.1. The summed E-state index contributed by atoms with van der Waals surface area (Å²) in [5.41, 5.74) is -0.687. The van der Waals surface area contributed by atoms with Crippen molar-refractivity contribution in [2.24, 2.45) is 0 Å². The first kappa shape index (κ1) is 14.8.